The van der Waals surface area contributed by atoms with Gasteiger partial charge in [0.25, 0.3) is 0 Å². The lowest BCUT2D eigenvalue weighted by atomic mass is 9.43. The van der Waals surface area contributed by atoms with Gasteiger partial charge < -0.3 is 9.31 Å². The van der Waals surface area contributed by atoms with Gasteiger partial charge in [0.2, 0.25) is 0 Å². The van der Waals surface area contributed by atoms with Crippen molar-refractivity contribution in [2.75, 3.05) is 0 Å². The molecular formula is C18H24BClO2. The van der Waals surface area contributed by atoms with Gasteiger partial charge in [0.15, 0.2) is 0 Å². The average Bonchev–Trinajstić information content (AvgIpc) is 2.85. The quantitative estimate of drug-likeness (QED) is 0.617. The van der Waals surface area contributed by atoms with Crippen molar-refractivity contribution in [1.29, 1.82) is 0 Å². The molecule has 2 bridgehead atoms. The van der Waals surface area contributed by atoms with Gasteiger partial charge >= 0.3 is 7.12 Å². The summed E-state index contributed by atoms with van der Waals surface area (Å²) in [5, 5.41) is -0.134. The van der Waals surface area contributed by atoms with E-state index in [2.05, 4.69) is 32.9 Å². The molecule has 4 heteroatoms. The molecule has 1 aromatic rings. The molecule has 0 radical (unpaired) electrons. The maximum atomic E-state index is 6.63. The summed E-state index contributed by atoms with van der Waals surface area (Å²) < 4.78 is 12.7. The fraction of sp³-hybridized carbons (Fsp3) is 0.667. The van der Waals surface area contributed by atoms with Crippen LogP contribution in [0.2, 0.25) is 0 Å². The molecular weight excluding hydrogens is 294 g/mol. The van der Waals surface area contributed by atoms with E-state index in [1.54, 1.807) is 0 Å². The largest absolute Gasteiger partial charge is 0.477 e. The Morgan fingerprint density at radius 1 is 1.23 bits per heavy atom. The normalized spacial score (nSPS) is 40.0. The maximum absolute atomic E-state index is 6.63. The predicted molar refractivity (Wildman–Crippen MR) is 89.9 cm³/mol. The molecule has 22 heavy (non-hydrogen) atoms. The van der Waals surface area contributed by atoms with Gasteiger partial charge in [0, 0.05) is 0 Å². The van der Waals surface area contributed by atoms with E-state index in [-0.39, 0.29) is 24.1 Å². The SMILES string of the molecule is CC1(C)[C@@H]2C[C@H]1[C@]1(C)OB([C@H](Cl)Cc3ccccc3)O[C@@H]1C2. The molecule has 0 N–H and O–H groups in total. The van der Waals surface area contributed by atoms with Crippen molar-refractivity contribution >= 4 is 18.7 Å². The molecule has 0 unspecified atom stereocenters. The van der Waals surface area contributed by atoms with Crippen LogP contribution in [0.25, 0.3) is 0 Å². The van der Waals surface area contributed by atoms with Crippen LogP contribution in [0.4, 0.5) is 0 Å². The first-order chi connectivity index (χ1) is 10.4. The summed E-state index contributed by atoms with van der Waals surface area (Å²) in [5.74, 6) is 1.37. The fourth-order valence-electron chi connectivity index (χ4n) is 4.99. The van der Waals surface area contributed by atoms with Crippen molar-refractivity contribution in [2.45, 2.75) is 57.0 Å². The zero-order chi connectivity index (χ0) is 15.5. The predicted octanol–water partition coefficient (Wildman–Crippen LogP) is 4.10. The van der Waals surface area contributed by atoms with Gasteiger partial charge in [-0.15, -0.1) is 11.6 Å². The van der Waals surface area contributed by atoms with Crippen molar-refractivity contribution in [3.8, 4) is 0 Å². The summed E-state index contributed by atoms with van der Waals surface area (Å²) in [6.07, 6.45) is 3.40. The summed E-state index contributed by atoms with van der Waals surface area (Å²) >= 11 is 6.63. The van der Waals surface area contributed by atoms with E-state index >= 15 is 0 Å². The monoisotopic (exact) mass is 318 g/mol. The standard InChI is InChI=1S/C18H24BClO2/c1-17(2)13-10-14(17)18(3)15(11-13)21-19(22-18)16(20)9-12-7-5-4-6-8-12/h4-8,13-16H,9-11H2,1-3H3/t13-,14-,15-,16-,18+/m1/s1. The Kier molecular flexibility index (Phi) is 3.42. The van der Waals surface area contributed by atoms with Gasteiger partial charge in [-0.1, -0.05) is 44.2 Å². The van der Waals surface area contributed by atoms with Crippen LogP contribution in [-0.4, -0.2) is 24.1 Å². The third-order valence-electron chi connectivity index (χ3n) is 6.54. The molecule has 118 valence electrons. The summed E-state index contributed by atoms with van der Waals surface area (Å²) in [6, 6.07) is 10.3. The van der Waals surface area contributed by atoms with E-state index in [0.29, 0.717) is 11.3 Å². The van der Waals surface area contributed by atoms with Gasteiger partial charge in [-0.2, -0.15) is 0 Å². The summed E-state index contributed by atoms with van der Waals surface area (Å²) in [4.78, 5) is 0. The van der Waals surface area contributed by atoms with Crippen molar-refractivity contribution in [3.05, 3.63) is 35.9 Å². The summed E-state index contributed by atoms with van der Waals surface area (Å²) in [6.45, 7) is 7.00. The molecule has 5 rings (SSSR count). The Morgan fingerprint density at radius 3 is 2.64 bits per heavy atom. The van der Waals surface area contributed by atoms with Crippen molar-refractivity contribution in [3.63, 3.8) is 0 Å². The lowest BCUT2D eigenvalue weighted by Gasteiger charge is -2.64. The van der Waals surface area contributed by atoms with Crippen LogP contribution in [0, 0.1) is 17.3 Å². The van der Waals surface area contributed by atoms with Crippen LogP contribution in [0.5, 0.6) is 0 Å². The number of alkyl halides is 1. The van der Waals surface area contributed by atoms with Gasteiger partial charge in [-0.3, -0.25) is 0 Å². The highest BCUT2D eigenvalue weighted by atomic mass is 35.5. The molecule has 3 aliphatic carbocycles. The van der Waals surface area contributed by atoms with Crippen LogP contribution in [0.15, 0.2) is 30.3 Å². The second-order valence-corrected chi connectivity index (χ2v) is 8.60. The number of rotatable bonds is 3. The zero-order valence-electron chi connectivity index (χ0n) is 13.6. The van der Waals surface area contributed by atoms with Crippen LogP contribution in [0.1, 0.15) is 39.2 Å². The highest BCUT2D eigenvalue weighted by Gasteiger charge is 2.68. The average molecular weight is 319 g/mol. The molecule has 5 atom stereocenters. The molecule has 0 aromatic heterocycles. The highest BCUT2D eigenvalue weighted by molar-refractivity contribution is 6.60. The van der Waals surface area contributed by atoms with Crippen LogP contribution in [-0.2, 0) is 15.7 Å². The highest BCUT2D eigenvalue weighted by Crippen LogP contribution is 2.65. The van der Waals surface area contributed by atoms with Crippen molar-refractivity contribution < 1.29 is 9.31 Å². The first-order valence-corrected chi connectivity index (χ1v) is 8.86. The summed E-state index contributed by atoms with van der Waals surface area (Å²) in [7, 11) is -0.285. The zero-order valence-corrected chi connectivity index (χ0v) is 14.3. The lowest BCUT2D eigenvalue weighted by Crippen LogP contribution is -2.65. The molecule has 1 aromatic carbocycles. The fourth-order valence-corrected chi connectivity index (χ4v) is 5.28. The third kappa shape index (κ3) is 2.09. The van der Waals surface area contributed by atoms with E-state index in [9.17, 15) is 0 Å². The molecule has 4 fully saturated rings. The van der Waals surface area contributed by atoms with Gasteiger partial charge in [0.05, 0.1) is 17.0 Å². The molecule has 3 saturated carbocycles. The molecule has 2 nitrogen and oxygen atoms in total. The minimum absolute atomic E-state index is 0.134. The molecule has 0 amide bonds. The number of benzene rings is 1. The van der Waals surface area contributed by atoms with Gasteiger partial charge in [-0.05, 0) is 49.0 Å². The molecule has 4 aliphatic rings. The second-order valence-electron chi connectivity index (χ2n) is 8.04. The Labute approximate surface area is 138 Å². The first kappa shape index (κ1) is 15.0. The van der Waals surface area contributed by atoms with Gasteiger partial charge in [0.1, 0.15) is 0 Å². The minimum Gasteiger partial charge on any atom is -0.404 e. The molecule has 1 aliphatic heterocycles. The van der Waals surface area contributed by atoms with Crippen LogP contribution in [0.3, 0.4) is 0 Å². The van der Waals surface area contributed by atoms with Gasteiger partial charge in [-0.25, -0.2) is 0 Å². The molecule has 1 saturated heterocycles. The van der Waals surface area contributed by atoms with E-state index in [1.165, 1.54) is 12.0 Å². The first-order valence-electron chi connectivity index (χ1n) is 8.42. The Bertz CT molecular complexity index is 563. The topological polar surface area (TPSA) is 18.5 Å². The Morgan fingerprint density at radius 2 is 1.95 bits per heavy atom. The maximum Gasteiger partial charge on any atom is 0.477 e. The molecule has 0 spiro atoms. The van der Waals surface area contributed by atoms with E-state index < -0.39 is 0 Å². The lowest BCUT2D eigenvalue weighted by molar-refractivity contribution is -0.199. The summed E-state index contributed by atoms with van der Waals surface area (Å²) in [5.41, 5.74) is 1.46. The Balaban J connectivity index is 1.48. The minimum atomic E-state index is -0.285. The van der Waals surface area contributed by atoms with Crippen molar-refractivity contribution in [1.82, 2.24) is 0 Å². The van der Waals surface area contributed by atoms with Crippen LogP contribution >= 0.6 is 11.6 Å². The smallest absolute Gasteiger partial charge is 0.404 e. The number of hydrogen-bond acceptors (Lipinski definition) is 2. The van der Waals surface area contributed by atoms with E-state index in [0.717, 1.165) is 18.8 Å². The van der Waals surface area contributed by atoms with E-state index in [4.69, 9.17) is 20.9 Å². The number of halogens is 1. The third-order valence-corrected chi connectivity index (χ3v) is 6.90. The van der Waals surface area contributed by atoms with E-state index in [1.807, 2.05) is 18.2 Å². The molecule has 1 heterocycles. The van der Waals surface area contributed by atoms with Crippen LogP contribution < -0.4 is 0 Å². The Hall–Kier alpha value is -0.505. The second kappa shape index (κ2) is 4.99. The number of hydrogen-bond donors (Lipinski definition) is 0. The van der Waals surface area contributed by atoms with Crippen molar-refractivity contribution in [2.24, 2.45) is 17.3 Å².